The number of aliphatic hydroxyl groups excluding tert-OH is 1. The fourth-order valence-electron chi connectivity index (χ4n) is 2.47. The van der Waals surface area contributed by atoms with Gasteiger partial charge >= 0.3 is 5.97 Å². The molecule has 3 N–H and O–H groups in total. The molecule has 0 saturated heterocycles. The van der Waals surface area contributed by atoms with Crippen LogP contribution in [-0.4, -0.2) is 30.0 Å². The number of nitrogens with one attached hydrogen (secondary N) is 2. The van der Waals surface area contributed by atoms with Crippen molar-refractivity contribution < 1.29 is 29.0 Å². The van der Waals surface area contributed by atoms with E-state index in [1.54, 1.807) is 36.4 Å². The van der Waals surface area contributed by atoms with Crippen LogP contribution in [0.5, 0.6) is 11.5 Å². The van der Waals surface area contributed by atoms with Crippen molar-refractivity contribution in [2.45, 2.75) is 20.5 Å². The Morgan fingerprint density at radius 3 is 2.45 bits per heavy atom. The zero-order chi connectivity index (χ0) is 21.4. The van der Waals surface area contributed by atoms with Gasteiger partial charge in [-0.05, 0) is 41.5 Å². The molecule has 29 heavy (non-hydrogen) atoms. The van der Waals surface area contributed by atoms with E-state index in [9.17, 15) is 19.5 Å². The topological polar surface area (TPSA) is 114 Å². The summed E-state index contributed by atoms with van der Waals surface area (Å²) in [5, 5.41) is 14.4. The Labute approximate surface area is 168 Å². The number of carbonyl (C=O) groups is 3. The average Bonchev–Trinajstić information content (AvgIpc) is 2.68. The second kappa shape index (κ2) is 10.0. The normalized spacial score (nSPS) is 10.8. The summed E-state index contributed by atoms with van der Waals surface area (Å²) in [5.41, 5.74) is 1.66. The third kappa shape index (κ3) is 6.47. The smallest absolute Gasteiger partial charge is 0.308 e. The van der Waals surface area contributed by atoms with Gasteiger partial charge in [0.2, 0.25) is 5.91 Å². The molecule has 0 aliphatic heterocycles. The molecule has 0 saturated carbocycles. The van der Waals surface area contributed by atoms with Crippen molar-refractivity contribution in [1.82, 2.24) is 5.32 Å². The molecule has 0 atom stereocenters. The van der Waals surface area contributed by atoms with E-state index in [0.29, 0.717) is 22.6 Å². The van der Waals surface area contributed by atoms with Crippen LogP contribution in [-0.2, 0) is 21.0 Å². The van der Waals surface area contributed by atoms with Gasteiger partial charge in [-0.15, -0.1) is 0 Å². The van der Waals surface area contributed by atoms with E-state index in [1.807, 2.05) is 0 Å². The van der Waals surface area contributed by atoms with E-state index >= 15 is 0 Å². The Hall–Kier alpha value is -3.65. The van der Waals surface area contributed by atoms with Crippen LogP contribution in [0.1, 0.15) is 25.0 Å². The molecule has 0 radical (unpaired) electrons. The van der Waals surface area contributed by atoms with Crippen LogP contribution < -0.4 is 20.1 Å². The molecule has 0 aliphatic carbocycles. The van der Waals surface area contributed by atoms with Crippen LogP contribution in [0.3, 0.4) is 0 Å². The largest absolute Gasteiger partial charge is 0.493 e. The molecule has 2 rings (SSSR count). The summed E-state index contributed by atoms with van der Waals surface area (Å²) >= 11 is 0. The predicted molar refractivity (Wildman–Crippen MR) is 107 cm³/mol. The van der Waals surface area contributed by atoms with E-state index in [-0.39, 0.29) is 18.1 Å². The van der Waals surface area contributed by atoms with Crippen LogP contribution in [0, 0.1) is 0 Å². The lowest BCUT2D eigenvalue weighted by atomic mass is 10.1. The lowest BCUT2D eigenvalue weighted by Crippen LogP contribution is -2.29. The van der Waals surface area contributed by atoms with Gasteiger partial charge in [0.05, 0.1) is 13.7 Å². The Morgan fingerprint density at radius 1 is 1.07 bits per heavy atom. The molecule has 0 aliphatic rings. The van der Waals surface area contributed by atoms with Gasteiger partial charge in [-0.2, -0.15) is 0 Å². The molecule has 152 valence electrons. The van der Waals surface area contributed by atoms with Crippen LogP contribution in [0.15, 0.2) is 48.2 Å². The fraction of sp³-hybridized carbons (Fsp3) is 0.190. The third-order valence-corrected chi connectivity index (χ3v) is 3.68. The number of rotatable bonds is 7. The van der Waals surface area contributed by atoms with Gasteiger partial charge in [0.25, 0.3) is 5.91 Å². The van der Waals surface area contributed by atoms with E-state index in [1.165, 1.54) is 33.1 Å². The number of aliphatic hydroxyl groups is 1. The first-order valence-corrected chi connectivity index (χ1v) is 8.69. The summed E-state index contributed by atoms with van der Waals surface area (Å²) in [4.78, 5) is 35.4. The maximum atomic E-state index is 12.7. The zero-order valence-electron chi connectivity index (χ0n) is 16.3. The summed E-state index contributed by atoms with van der Waals surface area (Å²) in [6.45, 7) is 2.41. The molecule has 2 aromatic carbocycles. The minimum Gasteiger partial charge on any atom is -0.493 e. The Bertz CT molecular complexity index is 952. The van der Waals surface area contributed by atoms with Crippen LogP contribution in [0.2, 0.25) is 0 Å². The molecule has 0 aromatic heterocycles. The Kier molecular flexibility index (Phi) is 7.50. The first kappa shape index (κ1) is 21.6. The van der Waals surface area contributed by atoms with Gasteiger partial charge in [0.15, 0.2) is 11.5 Å². The summed E-state index contributed by atoms with van der Waals surface area (Å²) in [5.74, 6) is -0.914. The summed E-state index contributed by atoms with van der Waals surface area (Å²) in [7, 11) is 1.42. The molecule has 0 bridgehead atoms. The monoisotopic (exact) mass is 398 g/mol. The van der Waals surface area contributed by atoms with Gasteiger partial charge in [-0.3, -0.25) is 14.4 Å². The highest BCUT2D eigenvalue weighted by Crippen LogP contribution is 2.29. The van der Waals surface area contributed by atoms with Crippen LogP contribution >= 0.6 is 0 Å². The first-order chi connectivity index (χ1) is 13.8. The maximum Gasteiger partial charge on any atom is 0.308 e. The fourth-order valence-corrected chi connectivity index (χ4v) is 2.47. The molecule has 8 nitrogen and oxygen atoms in total. The molecule has 2 amide bonds. The number of carbonyl (C=O) groups excluding carboxylic acids is 3. The molecular weight excluding hydrogens is 376 g/mol. The Morgan fingerprint density at radius 2 is 1.83 bits per heavy atom. The minimum atomic E-state index is -0.543. The van der Waals surface area contributed by atoms with Crippen molar-refractivity contribution in [3.05, 3.63) is 59.3 Å². The SMILES string of the molecule is COc1cc(C=C(NC(C)=O)C(=O)Nc2cccc(CO)c2)ccc1OC(C)=O. The molecule has 2 aromatic rings. The number of anilines is 1. The maximum absolute atomic E-state index is 12.7. The number of ether oxygens (including phenoxy) is 2. The second-order valence-corrected chi connectivity index (χ2v) is 6.06. The van der Waals surface area contributed by atoms with Gasteiger partial charge in [0.1, 0.15) is 5.70 Å². The van der Waals surface area contributed by atoms with Crippen molar-refractivity contribution in [2.24, 2.45) is 0 Å². The molecule has 0 unspecified atom stereocenters. The zero-order valence-corrected chi connectivity index (χ0v) is 16.3. The Balaban J connectivity index is 2.33. The number of hydrogen-bond acceptors (Lipinski definition) is 6. The highest BCUT2D eigenvalue weighted by molar-refractivity contribution is 6.08. The number of benzene rings is 2. The van der Waals surface area contributed by atoms with Gasteiger partial charge in [0, 0.05) is 19.5 Å². The molecule has 8 heteroatoms. The van der Waals surface area contributed by atoms with Gasteiger partial charge in [-0.1, -0.05) is 18.2 Å². The molecular formula is C21H22N2O6. The lowest BCUT2D eigenvalue weighted by molar-refractivity contribution is -0.132. The summed E-state index contributed by atoms with van der Waals surface area (Å²) in [6, 6.07) is 11.4. The number of hydrogen-bond donors (Lipinski definition) is 3. The second-order valence-electron chi connectivity index (χ2n) is 6.06. The van der Waals surface area contributed by atoms with Crippen LogP contribution in [0.25, 0.3) is 6.08 Å². The van der Waals surface area contributed by atoms with Crippen molar-refractivity contribution in [1.29, 1.82) is 0 Å². The molecule has 0 spiro atoms. The van der Waals surface area contributed by atoms with E-state index in [4.69, 9.17) is 9.47 Å². The van der Waals surface area contributed by atoms with Gasteiger partial charge < -0.3 is 25.2 Å². The van der Waals surface area contributed by atoms with Crippen molar-refractivity contribution in [3.8, 4) is 11.5 Å². The average molecular weight is 398 g/mol. The number of amides is 2. The van der Waals surface area contributed by atoms with Crippen molar-refractivity contribution in [3.63, 3.8) is 0 Å². The summed E-state index contributed by atoms with van der Waals surface area (Å²) in [6.07, 6.45) is 1.46. The van der Waals surface area contributed by atoms with E-state index in [0.717, 1.165) is 0 Å². The number of esters is 1. The van der Waals surface area contributed by atoms with Crippen LogP contribution in [0.4, 0.5) is 5.69 Å². The van der Waals surface area contributed by atoms with E-state index < -0.39 is 17.8 Å². The van der Waals surface area contributed by atoms with E-state index in [2.05, 4.69) is 10.6 Å². The highest BCUT2D eigenvalue weighted by Gasteiger charge is 2.14. The van der Waals surface area contributed by atoms with Gasteiger partial charge in [-0.25, -0.2) is 0 Å². The molecule has 0 fully saturated rings. The first-order valence-electron chi connectivity index (χ1n) is 8.69. The predicted octanol–water partition coefficient (Wildman–Crippen LogP) is 2.23. The minimum absolute atomic E-state index is 0.00851. The van der Waals surface area contributed by atoms with Crippen molar-refractivity contribution in [2.75, 3.05) is 12.4 Å². The highest BCUT2D eigenvalue weighted by atomic mass is 16.6. The standard InChI is InChI=1S/C21H22N2O6/c1-13(25)22-18(21(27)23-17-6-4-5-16(9-17)12-24)10-15-7-8-19(29-14(2)26)20(11-15)28-3/h4-11,24H,12H2,1-3H3,(H,22,25)(H,23,27). The number of methoxy groups -OCH3 is 1. The van der Waals surface area contributed by atoms with Crippen molar-refractivity contribution >= 4 is 29.5 Å². The quantitative estimate of drug-likeness (QED) is 0.374. The summed E-state index contributed by atoms with van der Waals surface area (Å²) < 4.78 is 10.3. The lowest BCUT2D eigenvalue weighted by Gasteiger charge is -2.12. The third-order valence-electron chi connectivity index (χ3n) is 3.68. The molecule has 0 heterocycles.